The van der Waals surface area contributed by atoms with Gasteiger partial charge in [-0.3, -0.25) is 9.59 Å². The lowest BCUT2D eigenvalue weighted by Crippen LogP contribution is -2.38. The van der Waals surface area contributed by atoms with Crippen molar-refractivity contribution >= 4 is 35.6 Å². The van der Waals surface area contributed by atoms with Gasteiger partial charge >= 0.3 is 12.0 Å². The molecule has 3 rings (SSSR count). The number of hydrogen-bond acceptors (Lipinski definition) is 6. The largest absolute Gasteiger partial charge is 0.493 e. The second-order valence-electron chi connectivity index (χ2n) is 6.94. The van der Waals surface area contributed by atoms with Gasteiger partial charge in [0.15, 0.2) is 17.6 Å². The van der Waals surface area contributed by atoms with Gasteiger partial charge in [-0.15, -0.1) is 0 Å². The van der Waals surface area contributed by atoms with Crippen molar-refractivity contribution in [3.8, 4) is 11.5 Å². The molecule has 11 heteroatoms. The number of halogens is 1. The minimum Gasteiger partial charge on any atom is -0.493 e. The van der Waals surface area contributed by atoms with Gasteiger partial charge in [-0.2, -0.15) is 0 Å². The second-order valence-corrected chi connectivity index (χ2v) is 6.94. The maximum absolute atomic E-state index is 13.0. The summed E-state index contributed by atoms with van der Waals surface area (Å²) in [7, 11) is 1.37. The summed E-state index contributed by atoms with van der Waals surface area (Å²) in [5.74, 6) is -2.55. The highest BCUT2D eigenvalue weighted by Gasteiger charge is 2.35. The molecule has 1 unspecified atom stereocenters. The maximum atomic E-state index is 13.0. The van der Waals surface area contributed by atoms with E-state index >= 15 is 0 Å². The number of carboxylic acids is 1. The number of imide groups is 1. The van der Waals surface area contributed by atoms with Crippen LogP contribution in [0.15, 0.2) is 48.2 Å². The van der Waals surface area contributed by atoms with Crippen molar-refractivity contribution < 1.29 is 38.1 Å². The third-order valence-corrected chi connectivity index (χ3v) is 4.54. The normalized spacial score (nSPS) is 15.2. The molecule has 2 aromatic carbocycles. The Labute approximate surface area is 187 Å². The van der Waals surface area contributed by atoms with Crippen LogP contribution in [0.3, 0.4) is 0 Å². The molecule has 1 fully saturated rings. The summed E-state index contributed by atoms with van der Waals surface area (Å²) in [6.45, 7) is 0.827. The molecule has 1 saturated heterocycles. The Morgan fingerprint density at radius 3 is 2.52 bits per heavy atom. The van der Waals surface area contributed by atoms with E-state index in [1.165, 1.54) is 44.4 Å². The van der Waals surface area contributed by atoms with Gasteiger partial charge in [0, 0.05) is 5.69 Å². The molecular formula is C22H20FN3O7. The molecule has 0 bridgehead atoms. The Hall–Kier alpha value is -4.41. The van der Waals surface area contributed by atoms with Crippen LogP contribution < -0.4 is 20.1 Å². The van der Waals surface area contributed by atoms with Crippen LogP contribution in [0.1, 0.15) is 12.5 Å². The molecule has 4 amide bonds. The van der Waals surface area contributed by atoms with E-state index < -0.39 is 42.3 Å². The van der Waals surface area contributed by atoms with Crippen LogP contribution in [0.2, 0.25) is 0 Å². The number of carbonyl (C=O) groups excluding carboxylic acids is 3. The summed E-state index contributed by atoms with van der Waals surface area (Å²) in [6, 6.07) is 8.77. The monoisotopic (exact) mass is 457 g/mol. The number of anilines is 1. The van der Waals surface area contributed by atoms with Crippen LogP contribution in [0.4, 0.5) is 14.9 Å². The first-order valence-electron chi connectivity index (χ1n) is 9.65. The van der Waals surface area contributed by atoms with E-state index in [4.69, 9.17) is 14.6 Å². The van der Waals surface area contributed by atoms with E-state index in [1.54, 1.807) is 6.07 Å². The molecule has 1 atom stereocenters. The van der Waals surface area contributed by atoms with Crippen molar-refractivity contribution in [2.45, 2.75) is 13.0 Å². The summed E-state index contributed by atoms with van der Waals surface area (Å²) in [4.78, 5) is 48.7. The number of benzene rings is 2. The molecule has 33 heavy (non-hydrogen) atoms. The first kappa shape index (κ1) is 23.3. The third kappa shape index (κ3) is 5.64. The molecule has 1 heterocycles. The van der Waals surface area contributed by atoms with Crippen LogP contribution in [0.5, 0.6) is 11.5 Å². The van der Waals surface area contributed by atoms with Gasteiger partial charge in [0.1, 0.15) is 18.1 Å². The van der Waals surface area contributed by atoms with E-state index in [9.17, 15) is 23.6 Å². The number of methoxy groups -OCH3 is 1. The molecule has 1 aliphatic rings. The van der Waals surface area contributed by atoms with E-state index in [0.29, 0.717) is 11.3 Å². The summed E-state index contributed by atoms with van der Waals surface area (Å²) in [5, 5.41) is 13.9. The zero-order valence-electron chi connectivity index (χ0n) is 17.6. The highest BCUT2D eigenvalue weighted by molar-refractivity contribution is 6.15. The number of hydrogen-bond donors (Lipinski definition) is 3. The number of nitrogens with one attached hydrogen (secondary N) is 2. The van der Waals surface area contributed by atoms with Crippen molar-refractivity contribution in [3.63, 3.8) is 0 Å². The molecule has 172 valence electrons. The van der Waals surface area contributed by atoms with Gasteiger partial charge in [0.25, 0.3) is 5.91 Å². The SMILES string of the molecule is COc1cc(/C=C2\NC(=O)N(CC(=O)Nc3ccc(F)cc3)C2=O)ccc1OC(C)C(=O)O. The number of urea groups is 1. The summed E-state index contributed by atoms with van der Waals surface area (Å²) in [6.07, 6.45) is 0.277. The smallest absolute Gasteiger partial charge is 0.344 e. The molecular weight excluding hydrogens is 437 g/mol. The molecule has 10 nitrogen and oxygen atoms in total. The number of ether oxygens (including phenoxy) is 2. The molecule has 2 aromatic rings. The lowest BCUT2D eigenvalue weighted by atomic mass is 10.1. The third-order valence-electron chi connectivity index (χ3n) is 4.54. The van der Waals surface area contributed by atoms with E-state index in [2.05, 4.69) is 10.6 Å². The molecule has 0 aromatic heterocycles. The standard InChI is InChI=1S/C22H20FN3O7/c1-12(21(29)30)33-17-8-3-13(10-18(17)32-2)9-16-20(28)26(22(31)25-16)11-19(27)24-15-6-4-14(23)5-7-15/h3-10,12H,11H2,1-2H3,(H,24,27)(H,25,31)(H,29,30)/b16-9-. The molecule has 3 N–H and O–H groups in total. The number of carboxylic acid groups (broad SMARTS) is 1. The fourth-order valence-corrected chi connectivity index (χ4v) is 2.87. The van der Waals surface area contributed by atoms with Crippen LogP contribution in [0, 0.1) is 5.82 Å². The summed E-state index contributed by atoms with van der Waals surface area (Å²) >= 11 is 0. The van der Waals surface area contributed by atoms with Crippen LogP contribution in [0.25, 0.3) is 6.08 Å². The Bertz CT molecular complexity index is 1130. The Kier molecular flexibility index (Phi) is 6.91. The van der Waals surface area contributed by atoms with Gasteiger partial charge < -0.3 is 25.2 Å². The van der Waals surface area contributed by atoms with E-state index in [1.807, 2.05) is 0 Å². The van der Waals surface area contributed by atoms with Crippen molar-refractivity contribution in [2.24, 2.45) is 0 Å². The number of aliphatic carboxylic acids is 1. The number of rotatable bonds is 8. The highest BCUT2D eigenvalue weighted by atomic mass is 19.1. The van der Waals surface area contributed by atoms with Gasteiger partial charge in [-0.05, 0) is 55.0 Å². The summed E-state index contributed by atoms with van der Waals surface area (Å²) < 4.78 is 23.5. The van der Waals surface area contributed by atoms with Crippen LogP contribution in [-0.2, 0) is 14.4 Å². The second kappa shape index (κ2) is 9.81. The molecule has 0 spiro atoms. The minimum atomic E-state index is -1.15. The van der Waals surface area contributed by atoms with Crippen molar-refractivity contribution in [3.05, 3.63) is 59.5 Å². The molecule has 0 saturated carbocycles. The van der Waals surface area contributed by atoms with Crippen LogP contribution >= 0.6 is 0 Å². The first-order chi connectivity index (χ1) is 15.7. The van der Waals surface area contributed by atoms with E-state index in [-0.39, 0.29) is 17.2 Å². The molecule has 0 aliphatic carbocycles. The topological polar surface area (TPSA) is 134 Å². The van der Waals surface area contributed by atoms with Crippen LogP contribution in [-0.4, -0.2) is 53.6 Å². The predicted octanol–water partition coefficient (Wildman–Crippen LogP) is 2.22. The van der Waals surface area contributed by atoms with Crippen molar-refractivity contribution in [1.29, 1.82) is 0 Å². The molecule has 1 aliphatic heterocycles. The number of nitrogens with zero attached hydrogens (tertiary/aromatic N) is 1. The van der Waals surface area contributed by atoms with Crippen molar-refractivity contribution in [1.82, 2.24) is 10.2 Å². The number of amides is 4. The lowest BCUT2D eigenvalue weighted by molar-refractivity contribution is -0.144. The maximum Gasteiger partial charge on any atom is 0.344 e. The number of carbonyl (C=O) groups is 4. The quantitative estimate of drug-likeness (QED) is 0.409. The predicted molar refractivity (Wildman–Crippen MR) is 114 cm³/mol. The van der Waals surface area contributed by atoms with E-state index in [0.717, 1.165) is 17.0 Å². The average molecular weight is 457 g/mol. The fraction of sp³-hybridized carbons (Fsp3) is 0.182. The van der Waals surface area contributed by atoms with Crippen molar-refractivity contribution in [2.75, 3.05) is 19.0 Å². The van der Waals surface area contributed by atoms with Gasteiger partial charge in [0.05, 0.1) is 7.11 Å². The minimum absolute atomic E-state index is 0.0655. The Balaban J connectivity index is 1.71. The Morgan fingerprint density at radius 1 is 1.18 bits per heavy atom. The average Bonchev–Trinajstić information content (AvgIpc) is 3.03. The van der Waals surface area contributed by atoms with Gasteiger partial charge in [0.2, 0.25) is 5.91 Å². The first-order valence-corrected chi connectivity index (χ1v) is 9.65. The zero-order valence-corrected chi connectivity index (χ0v) is 17.6. The Morgan fingerprint density at radius 2 is 1.88 bits per heavy atom. The van der Waals surface area contributed by atoms with Gasteiger partial charge in [-0.1, -0.05) is 6.07 Å². The zero-order chi connectivity index (χ0) is 24.1. The molecule has 0 radical (unpaired) electrons. The highest BCUT2D eigenvalue weighted by Crippen LogP contribution is 2.30. The summed E-state index contributed by atoms with van der Waals surface area (Å²) in [5.41, 5.74) is 0.712. The lowest BCUT2D eigenvalue weighted by Gasteiger charge is -2.14. The van der Waals surface area contributed by atoms with Gasteiger partial charge in [-0.25, -0.2) is 18.9 Å². The fourth-order valence-electron chi connectivity index (χ4n) is 2.87.